The number of hydrogen-bond donors (Lipinski definition) is 0. The molecule has 7 heteroatoms. The fourth-order valence-electron chi connectivity index (χ4n) is 3.78. The maximum absolute atomic E-state index is 13.4. The Balaban J connectivity index is 1.60. The van der Waals surface area contributed by atoms with Gasteiger partial charge in [0.2, 0.25) is 5.91 Å². The number of aromatic nitrogens is 1. The van der Waals surface area contributed by atoms with Crippen molar-refractivity contribution >= 4 is 32.6 Å². The van der Waals surface area contributed by atoms with Gasteiger partial charge in [-0.15, -0.1) is 0 Å². The Morgan fingerprint density at radius 2 is 2.03 bits per heavy atom. The van der Waals surface area contributed by atoms with Crippen LogP contribution < -0.4 is 9.64 Å². The number of fused-ring (bicyclic) bond motifs is 1. The smallest absolute Gasteiger partial charge is 0.233 e. The first-order valence-electron chi connectivity index (χ1n) is 10.8. The molecule has 1 saturated heterocycles. The summed E-state index contributed by atoms with van der Waals surface area (Å²) in [6.45, 7) is 9.29. The molecule has 0 unspecified atom stereocenters. The van der Waals surface area contributed by atoms with Crippen LogP contribution in [-0.4, -0.2) is 61.8 Å². The van der Waals surface area contributed by atoms with Crippen LogP contribution in [0.5, 0.6) is 5.75 Å². The molecule has 0 saturated carbocycles. The number of morpholine rings is 1. The van der Waals surface area contributed by atoms with Gasteiger partial charge in [0.15, 0.2) is 5.13 Å². The van der Waals surface area contributed by atoms with Crippen molar-refractivity contribution in [3.05, 3.63) is 53.6 Å². The quantitative estimate of drug-likeness (QED) is 0.533. The van der Waals surface area contributed by atoms with Crippen molar-refractivity contribution in [1.29, 1.82) is 0 Å². The lowest BCUT2D eigenvalue weighted by molar-refractivity contribution is -0.118. The summed E-state index contributed by atoms with van der Waals surface area (Å²) in [6, 6.07) is 14.1. The minimum absolute atomic E-state index is 0.0656. The minimum Gasteiger partial charge on any atom is -0.492 e. The van der Waals surface area contributed by atoms with E-state index < -0.39 is 0 Å². The van der Waals surface area contributed by atoms with Crippen molar-refractivity contribution in [3.63, 3.8) is 0 Å². The molecule has 2 heterocycles. The second kappa shape index (κ2) is 10.2. The number of carbonyl (C=O) groups excluding carboxylic acids is 1. The monoisotopic (exact) mass is 439 g/mol. The predicted octanol–water partition coefficient (Wildman–Crippen LogP) is 3.91. The lowest BCUT2D eigenvalue weighted by atomic mass is 10.1. The largest absolute Gasteiger partial charge is 0.492 e. The third-order valence-corrected chi connectivity index (χ3v) is 6.43. The Morgan fingerprint density at radius 1 is 1.23 bits per heavy atom. The second-order valence-electron chi connectivity index (χ2n) is 7.70. The molecular weight excluding hydrogens is 410 g/mol. The van der Waals surface area contributed by atoms with Gasteiger partial charge in [-0.25, -0.2) is 4.98 Å². The van der Waals surface area contributed by atoms with Crippen molar-refractivity contribution in [2.24, 2.45) is 0 Å². The number of hydrogen-bond acceptors (Lipinski definition) is 6. The van der Waals surface area contributed by atoms with E-state index in [2.05, 4.69) is 11.0 Å². The van der Waals surface area contributed by atoms with Crippen molar-refractivity contribution in [2.75, 3.05) is 50.9 Å². The maximum atomic E-state index is 13.4. The van der Waals surface area contributed by atoms with E-state index in [-0.39, 0.29) is 5.91 Å². The zero-order valence-corrected chi connectivity index (χ0v) is 19.0. The van der Waals surface area contributed by atoms with Crippen LogP contribution in [0.4, 0.5) is 5.13 Å². The summed E-state index contributed by atoms with van der Waals surface area (Å²) >= 11 is 1.54. The van der Waals surface area contributed by atoms with Gasteiger partial charge in [-0.3, -0.25) is 14.6 Å². The molecule has 31 heavy (non-hydrogen) atoms. The standard InChI is InChI=1S/C24H29N3O3S/c1-3-30-20-8-5-9-21-23(20)25-24(31-21)27(11-10-26-12-14-29-15-13-26)22(28)17-19-7-4-6-18(2)16-19/h4-9,16H,3,10-15,17H2,1-2H3. The highest BCUT2D eigenvalue weighted by Gasteiger charge is 2.22. The van der Waals surface area contributed by atoms with Crippen LogP contribution in [0.1, 0.15) is 18.1 Å². The van der Waals surface area contributed by atoms with E-state index in [0.717, 1.165) is 65.1 Å². The van der Waals surface area contributed by atoms with Gasteiger partial charge in [0.1, 0.15) is 11.3 Å². The molecule has 0 N–H and O–H groups in total. The van der Waals surface area contributed by atoms with Crippen LogP contribution >= 0.6 is 11.3 Å². The average Bonchev–Trinajstić information content (AvgIpc) is 3.20. The van der Waals surface area contributed by atoms with Crippen LogP contribution in [-0.2, 0) is 16.0 Å². The fourth-order valence-corrected chi connectivity index (χ4v) is 4.81. The highest BCUT2D eigenvalue weighted by molar-refractivity contribution is 7.22. The molecule has 0 atom stereocenters. The number of rotatable bonds is 8. The number of carbonyl (C=O) groups is 1. The van der Waals surface area contributed by atoms with Crippen molar-refractivity contribution in [1.82, 2.24) is 9.88 Å². The third kappa shape index (κ3) is 5.42. The first kappa shape index (κ1) is 21.7. The summed E-state index contributed by atoms with van der Waals surface area (Å²) in [6.07, 6.45) is 0.360. The number of nitrogens with zero attached hydrogens (tertiary/aromatic N) is 3. The topological polar surface area (TPSA) is 54.9 Å². The number of amides is 1. The highest BCUT2D eigenvalue weighted by Crippen LogP contribution is 2.34. The van der Waals surface area contributed by atoms with Gasteiger partial charge in [0.25, 0.3) is 0 Å². The van der Waals surface area contributed by atoms with E-state index in [0.29, 0.717) is 19.6 Å². The highest BCUT2D eigenvalue weighted by atomic mass is 32.1. The van der Waals surface area contributed by atoms with Crippen LogP contribution in [0, 0.1) is 6.92 Å². The number of para-hydroxylation sites is 1. The van der Waals surface area contributed by atoms with Gasteiger partial charge in [0.05, 0.1) is 30.9 Å². The Morgan fingerprint density at radius 3 is 2.81 bits per heavy atom. The van der Waals surface area contributed by atoms with Gasteiger partial charge in [-0.2, -0.15) is 0 Å². The summed E-state index contributed by atoms with van der Waals surface area (Å²) < 4.78 is 12.2. The molecule has 1 aliphatic heterocycles. The van der Waals surface area contributed by atoms with Gasteiger partial charge in [-0.1, -0.05) is 47.2 Å². The first-order valence-corrected chi connectivity index (χ1v) is 11.6. The minimum atomic E-state index is 0.0656. The normalized spacial score (nSPS) is 14.6. The number of benzene rings is 2. The van der Waals surface area contributed by atoms with E-state index in [1.54, 1.807) is 11.3 Å². The number of anilines is 1. The Labute approximate surface area is 187 Å². The molecule has 0 spiro atoms. The van der Waals surface area contributed by atoms with Crippen molar-refractivity contribution in [3.8, 4) is 5.75 Å². The molecule has 0 aliphatic carbocycles. The van der Waals surface area contributed by atoms with E-state index in [1.165, 1.54) is 0 Å². The van der Waals surface area contributed by atoms with Gasteiger partial charge in [0, 0.05) is 26.2 Å². The molecule has 1 fully saturated rings. The Bertz CT molecular complexity index is 1030. The summed E-state index contributed by atoms with van der Waals surface area (Å²) in [4.78, 5) is 22.4. The molecule has 4 rings (SSSR count). The van der Waals surface area contributed by atoms with Crippen molar-refractivity contribution in [2.45, 2.75) is 20.3 Å². The van der Waals surface area contributed by atoms with Crippen LogP contribution in [0.25, 0.3) is 10.2 Å². The van der Waals surface area contributed by atoms with E-state index >= 15 is 0 Å². The van der Waals surface area contributed by atoms with Gasteiger partial charge >= 0.3 is 0 Å². The summed E-state index contributed by atoms with van der Waals surface area (Å²) in [5.41, 5.74) is 3.01. The summed E-state index contributed by atoms with van der Waals surface area (Å²) in [5, 5.41) is 0.730. The average molecular weight is 440 g/mol. The molecule has 6 nitrogen and oxygen atoms in total. The zero-order valence-electron chi connectivity index (χ0n) is 18.2. The third-order valence-electron chi connectivity index (χ3n) is 5.38. The van der Waals surface area contributed by atoms with E-state index in [9.17, 15) is 4.79 Å². The molecule has 2 aromatic carbocycles. The van der Waals surface area contributed by atoms with Crippen LogP contribution in [0.15, 0.2) is 42.5 Å². The lowest BCUT2D eigenvalue weighted by Crippen LogP contribution is -2.43. The molecule has 3 aromatic rings. The SMILES string of the molecule is CCOc1cccc2sc(N(CCN3CCOCC3)C(=O)Cc3cccc(C)c3)nc12. The van der Waals surface area contributed by atoms with E-state index in [1.807, 2.05) is 55.1 Å². The Hall–Kier alpha value is -2.48. The van der Waals surface area contributed by atoms with E-state index in [4.69, 9.17) is 14.5 Å². The zero-order chi connectivity index (χ0) is 21.6. The number of ether oxygens (including phenoxy) is 2. The van der Waals surface area contributed by atoms with Crippen LogP contribution in [0.2, 0.25) is 0 Å². The molecule has 1 amide bonds. The summed E-state index contributed by atoms with van der Waals surface area (Å²) in [5.74, 6) is 0.831. The Kier molecular flexibility index (Phi) is 7.17. The predicted molar refractivity (Wildman–Crippen MR) is 125 cm³/mol. The van der Waals surface area contributed by atoms with Gasteiger partial charge < -0.3 is 9.47 Å². The second-order valence-corrected chi connectivity index (χ2v) is 8.71. The molecule has 1 aliphatic rings. The fraction of sp³-hybridized carbons (Fsp3) is 0.417. The molecule has 0 radical (unpaired) electrons. The first-order chi connectivity index (χ1) is 15.1. The van der Waals surface area contributed by atoms with Crippen LogP contribution in [0.3, 0.4) is 0 Å². The summed E-state index contributed by atoms with van der Waals surface area (Å²) in [7, 11) is 0. The lowest BCUT2D eigenvalue weighted by Gasteiger charge is -2.29. The number of thiazole rings is 1. The number of aryl methyl sites for hydroxylation is 1. The molecular formula is C24H29N3O3S. The van der Waals surface area contributed by atoms with Gasteiger partial charge in [-0.05, 0) is 31.5 Å². The van der Waals surface area contributed by atoms with Crippen molar-refractivity contribution < 1.29 is 14.3 Å². The molecule has 1 aromatic heterocycles. The maximum Gasteiger partial charge on any atom is 0.233 e. The molecule has 0 bridgehead atoms. The molecule has 164 valence electrons.